The van der Waals surface area contributed by atoms with E-state index in [2.05, 4.69) is 10.2 Å². The number of esters is 1. The topological polar surface area (TPSA) is 58.6 Å². The summed E-state index contributed by atoms with van der Waals surface area (Å²) in [5.41, 5.74) is 1.98. The summed E-state index contributed by atoms with van der Waals surface area (Å²) in [6, 6.07) is 6.64. The molecule has 1 aliphatic heterocycles. The molecule has 1 aromatic carbocycles. The molecule has 3 rings (SSSR count). The summed E-state index contributed by atoms with van der Waals surface area (Å²) in [7, 11) is 2.04. The molecule has 7 heteroatoms. The molecule has 1 N–H and O–H groups in total. The Balaban J connectivity index is 1.93. The van der Waals surface area contributed by atoms with Crippen LogP contribution in [0, 0.1) is 0 Å². The smallest absolute Gasteiger partial charge is 0.341 e. The number of carbonyl (C=O) groups excluding carboxylic acids is 2. The van der Waals surface area contributed by atoms with Crippen molar-refractivity contribution in [2.75, 3.05) is 25.5 Å². The number of halogens is 1. The maximum atomic E-state index is 12.5. The van der Waals surface area contributed by atoms with E-state index in [1.165, 1.54) is 11.3 Å². The van der Waals surface area contributed by atoms with Crippen LogP contribution in [0.2, 0.25) is 5.02 Å². The van der Waals surface area contributed by atoms with Gasteiger partial charge in [0.05, 0.1) is 12.2 Å². The number of nitrogens with one attached hydrogen (secondary N) is 1. The van der Waals surface area contributed by atoms with Crippen molar-refractivity contribution in [3.05, 3.63) is 50.9 Å². The number of anilines is 1. The molecule has 5 nitrogen and oxygen atoms in total. The molecule has 0 fully saturated rings. The molecule has 132 valence electrons. The molecule has 0 aliphatic carbocycles. The van der Waals surface area contributed by atoms with Crippen LogP contribution in [-0.2, 0) is 17.7 Å². The number of thiophene rings is 1. The standard InChI is InChI=1S/C18H19ClN2O3S/c1-3-24-18(23)15-13-8-9-21(2)10-14(13)25-17(15)20-16(22)11-4-6-12(19)7-5-11/h4-7H,3,8-10H2,1-2H3,(H,20,22). The third-order valence-corrected chi connectivity index (χ3v) is 5.44. The molecule has 2 heterocycles. The molecule has 0 spiro atoms. The van der Waals surface area contributed by atoms with E-state index >= 15 is 0 Å². The molecule has 2 aromatic rings. The van der Waals surface area contributed by atoms with Crippen LogP contribution in [0.25, 0.3) is 0 Å². The molecule has 0 radical (unpaired) electrons. The Bertz CT molecular complexity index is 801. The van der Waals surface area contributed by atoms with E-state index in [9.17, 15) is 9.59 Å². The third-order valence-electron chi connectivity index (χ3n) is 4.06. The van der Waals surface area contributed by atoms with Crippen LogP contribution in [0.1, 0.15) is 38.1 Å². The predicted octanol–water partition coefficient (Wildman–Crippen LogP) is 3.82. The number of fused-ring (bicyclic) bond motifs is 1. The number of amides is 1. The molecule has 0 bridgehead atoms. The van der Waals surface area contributed by atoms with Crippen molar-refractivity contribution in [1.82, 2.24) is 4.90 Å². The van der Waals surface area contributed by atoms with Gasteiger partial charge in [0, 0.05) is 28.6 Å². The van der Waals surface area contributed by atoms with Crippen molar-refractivity contribution in [3.63, 3.8) is 0 Å². The zero-order chi connectivity index (χ0) is 18.0. The molecule has 1 aromatic heterocycles. The van der Waals surface area contributed by atoms with Crippen LogP contribution in [0.15, 0.2) is 24.3 Å². The lowest BCUT2D eigenvalue weighted by molar-refractivity contribution is 0.0526. The minimum absolute atomic E-state index is 0.269. The van der Waals surface area contributed by atoms with Crippen molar-refractivity contribution in [3.8, 4) is 0 Å². The highest BCUT2D eigenvalue weighted by molar-refractivity contribution is 7.17. The highest BCUT2D eigenvalue weighted by Crippen LogP contribution is 2.37. The normalized spacial score (nSPS) is 14.0. The average Bonchev–Trinajstić information content (AvgIpc) is 2.92. The van der Waals surface area contributed by atoms with Gasteiger partial charge in [0.15, 0.2) is 0 Å². The Morgan fingerprint density at radius 3 is 2.72 bits per heavy atom. The van der Waals surface area contributed by atoms with E-state index in [-0.39, 0.29) is 11.9 Å². The first kappa shape index (κ1) is 17.9. The minimum Gasteiger partial charge on any atom is -0.462 e. The number of hydrogen-bond donors (Lipinski definition) is 1. The van der Waals surface area contributed by atoms with Gasteiger partial charge in [0.2, 0.25) is 0 Å². The molecular formula is C18H19ClN2O3S. The van der Waals surface area contributed by atoms with Crippen molar-refractivity contribution < 1.29 is 14.3 Å². The van der Waals surface area contributed by atoms with Gasteiger partial charge in [-0.15, -0.1) is 11.3 Å². The van der Waals surface area contributed by atoms with E-state index in [0.29, 0.717) is 27.8 Å². The second-order valence-electron chi connectivity index (χ2n) is 5.88. The van der Waals surface area contributed by atoms with Crippen molar-refractivity contribution in [1.29, 1.82) is 0 Å². The van der Waals surface area contributed by atoms with Crippen molar-refractivity contribution in [2.45, 2.75) is 19.9 Å². The second-order valence-corrected chi connectivity index (χ2v) is 7.42. The number of carbonyl (C=O) groups is 2. The Kier molecular flexibility index (Phi) is 5.42. The Hall–Kier alpha value is -1.89. The fourth-order valence-corrected chi connectivity index (χ4v) is 4.25. The van der Waals surface area contributed by atoms with Crippen LogP contribution in [-0.4, -0.2) is 37.0 Å². The van der Waals surface area contributed by atoms with Gasteiger partial charge in [0.1, 0.15) is 5.00 Å². The third kappa shape index (κ3) is 3.86. The second kappa shape index (κ2) is 7.56. The van der Waals surface area contributed by atoms with Gasteiger partial charge >= 0.3 is 5.97 Å². The fraction of sp³-hybridized carbons (Fsp3) is 0.333. The summed E-state index contributed by atoms with van der Waals surface area (Å²) in [5.74, 6) is -0.648. The van der Waals surface area contributed by atoms with E-state index in [4.69, 9.17) is 16.3 Å². The van der Waals surface area contributed by atoms with Crippen LogP contribution in [0.5, 0.6) is 0 Å². The molecule has 0 saturated carbocycles. The number of benzene rings is 1. The first-order valence-corrected chi connectivity index (χ1v) is 9.26. The monoisotopic (exact) mass is 378 g/mol. The van der Waals surface area contributed by atoms with E-state index < -0.39 is 0 Å². The maximum absolute atomic E-state index is 12.5. The first-order valence-electron chi connectivity index (χ1n) is 8.06. The molecule has 1 amide bonds. The van der Waals surface area contributed by atoms with Gasteiger partial charge in [-0.2, -0.15) is 0 Å². The Morgan fingerprint density at radius 2 is 2.04 bits per heavy atom. The number of ether oxygens (including phenoxy) is 1. The molecule has 0 atom stereocenters. The number of nitrogens with zero attached hydrogens (tertiary/aromatic N) is 1. The Morgan fingerprint density at radius 1 is 1.32 bits per heavy atom. The van der Waals surface area contributed by atoms with Gasteiger partial charge in [0.25, 0.3) is 5.91 Å². The Labute approximate surface area is 155 Å². The minimum atomic E-state index is -0.379. The number of hydrogen-bond acceptors (Lipinski definition) is 5. The summed E-state index contributed by atoms with van der Waals surface area (Å²) in [5, 5.41) is 4.00. The van der Waals surface area contributed by atoms with Gasteiger partial charge < -0.3 is 15.0 Å². The number of rotatable bonds is 4. The number of likely N-dealkylation sites (N-methyl/N-ethyl adjacent to an activating group) is 1. The van der Waals surface area contributed by atoms with Gasteiger partial charge in [-0.05, 0) is 50.2 Å². The van der Waals surface area contributed by atoms with Crippen LogP contribution >= 0.6 is 22.9 Å². The summed E-state index contributed by atoms with van der Waals surface area (Å²) >= 11 is 7.31. The molecule has 0 unspecified atom stereocenters. The van der Waals surface area contributed by atoms with Gasteiger partial charge in [-0.25, -0.2) is 4.79 Å². The molecule has 0 saturated heterocycles. The summed E-state index contributed by atoms with van der Waals surface area (Å²) in [4.78, 5) is 28.3. The van der Waals surface area contributed by atoms with Crippen molar-refractivity contribution >= 4 is 39.8 Å². The largest absolute Gasteiger partial charge is 0.462 e. The predicted molar refractivity (Wildman–Crippen MR) is 99.7 cm³/mol. The van der Waals surface area contributed by atoms with Crippen LogP contribution < -0.4 is 5.32 Å². The van der Waals surface area contributed by atoms with Gasteiger partial charge in [-0.1, -0.05) is 11.6 Å². The fourth-order valence-electron chi connectivity index (χ4n) is 2.82. The van der Waals surface area contributed by atoms with Crippen LogP contribution in [0.4, 0.5) is 5.00 Å². The van der Waals surface area contributed by atoms with E-state index in [0.717, 1.165) is 30.0 Å². The SMILES string of the molecule is CCOC(=O)c1c(NC(=O)c2ccc(Cl)cc2)sc2c1CCN(C)C2. The quantitative estimate of drug-likeness (QED) is 0.822. The summed E-state index contributed by atoms with van der Waals surface area (Å²) in [6.45, 7) is 3.72. The highest BCUT2D eigenvalue weighted by atomic mass is 35.5. The van der Waals surface area contributed by atoms with E-state index in [1.54, 1.807) is 31.2 Å². The molecule has 25 heavy (non-hydrogen) atoms. The summed E-state index contributed by atoms with van der Waals surface area (Å²) < 4.78 is 5.21. The highest BCUT2D eigenvalue weighted by Gasteiger charge is 2.28. The van der Waals surface area contributed by atoms with Crippen molar-refractivity contribution in [2.24, 2.45) is 0 Å². The lowest BCUT2D eigenvalue weighted by Gasteiger charge is -2.22. The average molecular weight is 379 g/mol. The zero-order valence-corrected chi connectivity index (χ0v) is 15.7. The van der Waals surface area contributed by atoms with Gasteiger partial charge in [-0.3, -0.25) is 4.79 Å². The molecular weight excluding hydrogens is 360 g/mol. The van der Waals surface area contributed by atoms with Crippen LogP contribution in [0.3, 0.4) is 0 Å². The lowest BCUT2D eigenvalue weighted by atomic mass is 10.0. The maximum Gasteiger partial charge on any atom is 0.341 e. The molecule has 1 aliphatic rings. The summed E-state index contributed by atoms with van der Waals surface area (Å²) in [6.07, 6.45) is 0.771. The zero-order valence-electron chi connectivity index (χ0n) is 14.1. The lowest BCUT2D eigenvalue weighted by Crippen LogP contribution is -2.26. The van der Waals surface area contributed by atoms with E-state index in [1.807, 2.05) is 7.05 Å². The first-order chi connectivity index (χ1) is 12.0.